The predicted octanol–water partition coefficient (Wildman–Crippen LogP) is 3.05. The van der Waals surface area contributed by atoms with Crippen LogP contribution in [0.2, 0.25) is 0 Å². The summed E-state index contributed by atoms with van der Waals surface area (Å²) in [6.45, 7) is 7.46. The molecule has 0 aliphatic carbocycles. The molecule has 1 fully saturated rings. The molecule has 3 aromatic rings. The SMILES string of the molecule is Cc1nc2c(C)cccc2cc1C(=O)NC[C@@H](c1ccccn1)N1CCOCC1. The van der Waals surface area contributed by atoms with E-state index in [1.54, 1.807) is 6.20 Å². The van der Waals surface area contributed by atoms with E-state index >= 15 is 0 Å². The molecule has 2 aromatic heterocycles. The molecule has 0 radical (unpaired) electrons. The summed E-state index contributed by atoms with van der Waals surface area (Å²) in [5.74, 6) is -0.104. The highest BCUT2D eigenvalue weighted by atomic mass is 16.5. The molecule has 3 heterocycles. The molecule has 0 bridgehead atoms. The number of hydrogen-bond acceptors (Lipinski definition) is 5. The second-order valence-electron chi connectivity index (χ2n) is 7.40. The van der Waals surface area contributed by atoms with Gasteiger partial charge < -0.3 is 10.1 Å². The number of carbonyl (C=O) groups is 1. The molecule has 1 N–H and O–H groups in total. The fourth-order valence-electron chi connectivity index (χ4n) is 3.84. The van der Waals surface area contributed by atoms with Crippen molar-refractivity contribution >= 4 is 16.8 Å². The van der Waals surface area contributed by atoms with E-state index in [0.717, 1.165) is 40.9 Å². The number of pyridine rings is 2. The first-order chi connectivity index (χ1) is 14.1. The summed E-state index contributed by atoms with van der Waals surface area (Å²) in [6.07, 6.45) is 1.80. The van der Waals surface area contributed by atoms with E-state index in [-0.39, 0.29) is 11.9 Å². The number of fused-ring (bicyclic) bond motifs is 1. The second kappa shape index (κ2) is 8.68. The van der Waals surface area contributed by atoms with Crippen molar-refractivity contribution in [2.45, 2.75) is 19.9 Å². The quantitative estimate of drug-likeness (QED) is 0.725. The number of nitrogens with zero attached hydrogens (tertiary/aromatic N) is 3. The van der Waals surface area contributed by atoms with Gasteiger partial charge in [0.05, 0.1) is 41.7 Å². The van der Waals surface area contributed by atoms with Gasteiger partial charge in [-0.15, -0.1) is 0 Å². The van der Waals surface area contributed by atoms with E-state index in [4.69, 9.17) is 4.74 Å². The minimum atomic E-state index is -0.104. The van der Waals surface area contributed by atoms with Crippen LogP contribution in [0.5, 0.6) is 0 Å². The van der Waals surface area contributed by atoms with E-state index in [9.17, 15) is 4.79 Å². The highest BCUT2D eigenvalue weighted by molar-refractivity contribution is 5.99. The number of morpholine rings is 1. The Balaban J connectivity index is 1.55. The predicted molar refractivity (Wildman–Crippen MR) is 113 cm³/mol. The Morgan fingerprint density at radius 3 is 2.76 bits per heavy atom. The van der Waals surface area contributed by atoms with Crippen LogP contribution < -0.4 is 5.32 Å². The molecule has 150 valence electrons. The summed E-state index contributed by atoms with van der Waals surface area (Å²) >= 11 is 0. The van der Waals surface area contributed by atoms with Gasteiger partial charge in [0.15, 0.2) is 0 Å². The smallest absolute Gasteiger partial charge is 0.253 e. The molecule has 1 aromatic carbocycles. The van der Waals surface area contributed by atoms with Crippen molar-refractivity contribution in [1.29, 1.82) is 0 Å². The maximum Gasteiger partial charge on any atom is 0.253 e. The number of carbonyl (C=O) groups excluding carboxylic acids is 1. The van der Waals surface area contributed by atoms with Gasteiger partial charge >= 0.3 is 0 Å². The number of aromatic nitrogens is 2. The molecule has 4 rings (SSSR count). The summed E-state index contributed by atoms with van der Waals surface area (Å²) in [7, 11) is 0. The summed E-state index contributed by atoms with van der Waals surface area (Å²) in [5, 5.41) is 4.10. The van der Waals surface area contributed by atoms with Gasteiger partial charge in [-0.25, -0.2) is 0 Å². The topological polar surface area (TPSA) is 67.4 Å². The minimum Gasteiger partial charge on any atom is -0.379 e. The van der Waals surface area contributed by atoms with E-state index < -0.39 is 0 Å². The lowest BCUT2D eigenvalue weighted by atomic mass is 10.1. The van der Waals surface area contributed by atoms with Crippen LogP contribution in [-0.4, -0.2) is 53.6 Å². The number of amides is 1. The lowest BCUT2D eigenvalue weighted by Crippen LogP contribution is -2.44. The van der Waals surface area contributed by atoms with Crippen molar-refractivity contribution in [3.63, 3.8) is 0 Å². The fraction of sp³-hybridized carbons (Fsp3) is 0.348. The zero-order valence-corrected chi connectivity index (χ0v) is 16.9. The number of rotatable bonds is 5. The second-order valence-corrected chi connectivity index (χ2v) is 7.40. The Bertz CT molecular complexity index is 1000. The third-order valence-corrected chi connectivity index (χ3v) is 5.45. The van der Waals surface area contributed by atoms with E-state index in [0.29, 0.717) is 25.3 Å². The van der Waals surface area contributed by atoms with Gasteiger partial charge in [0.1, 0.15) is 0 Å². The zero-order valence-electron chi connectivity index (χ0n) is 16.9. The Kier molecular flexibility index (Phi) is 5.83. The van der Waals surface area contributed by atoms with Crippen molar-refractivity contribution in [3.8, 4) is 0 Å². The van der Waals surface area contributed by atoms with Crippen LogP contribution in [-0.2, 0) is 4.74 Å². The van der Waals surface area contributed by atoms with Crippen molar-refractivity contribution in [2.75, 3.05) is 32.8 Å². The van der Waals surface area contributed by atoms with Crippen LogP contribution in [0.4, 0.5) is 0 Å². The summed E-state index contributed by atoms with van der Waals surface area (Å²) in [4.78, 5) is 24.5. The summed E-state index contributed by atoms with van der Waals surface area (Å²) in [6, 6.07) is 13.9. The molecule has 1 aliphatic rings. The van der Waals surface area contributed by atoms with Crippen LogP contribution in [0.25, 0.3) is 10.9 Å². The average Bonchev–Trinajstić information content (AvgIpc) is 2.75. The van der Waals surface area contributed by atoms with Gasteiger partial charge in [-0.2, -0.15) is 0 Å². The molecule has 0 saturated carbocycles. The Morgan fingerprint density at radius 2 is 2.00 bits per heavy atom. The number of aryl methyl sites for hydroxylation is 2. The number of ether oxygens (including phenoxy) is 1. The largest absolute Gasteiger partial charge is 0.379 e. The third-order valence-electron chi connectivity index (χ3n) is 5.45. The Hall–Kier alpha value is -2.83. The third kappa shape index (κ3) is 4.28. The summed E-state index contributed by atoms with van der Waals surface area (Å²) < 4.78 is 5.49. The molecule has 0 spiro atoms. The first kappa shape index (κ1) is 19.5. The van der Waals surface area contributed by atoms with Gasteiger partial charge in [-0.05, 0) is 37.6 Å². The van der Waals surface area contributed by atoms with Gasteiger partial charge in [0, 0.05) is 31.2 Å². The first-order valence-electron chi connectivity index (χ1n) is 10.0. The maximum absolute atomic E-state index is 13.0. The first-order valence-corrected chi connectivity index (χ1v) is 10.0. The monoisotopic (exact) mass is 390 g/mol. The molecule has 1 saturated heterocycles. The van der Waals surface area contributed by atoms with Crippen LogP contribution >= 0.6 is 0 Å². The molecular formula is C23H26N4O2. The van der Waals surface area contributed by atoms with Crippen molar-refractivity contribution in [1.82, 2.24) is 20.2 Å². The Morgan fingerprint density at radius 1 is 1.17 bits per heavy atom. The molecule has 29 heavy (non-hydrogen) atoms. The molecular weight excluding hydrogens is 364 g/mol. The lowest BCUT2D eigenvalue weighted by Gasteiger charge is -2.34. The number of benzene rings is 1. The Labute approximate surface area is 170 Å². The highest BCUT2D eigenvalue weighted by Gasteiger charge is 2.24. The molecule has 6 heteroatoms. The average molecular weight is 390 g/mol. The van der Waals surface area contributed by atoms with Gasteiger partial charge in [-0.3, -0.25) is 19.7 Å². The number of hydrogen-bond donors (Lipinski definition) is 1. The van der Waals surface area contributed by atoms with Crippen molar-refractivity contribution in [3.05, 3.63) is 71.2 Å². The van der Waals surface area contributed by atoms with Crippen LogP contribution in [0.3, 0.4) is 0 Å². The van der Waals surface area contributed by atoms with Crippen molar-refractivity contribution in [2.24, 2.45) is 0 Å². The van der Waals surface area contributed by atoms with Gasteiger partial charge in [0.2, 0.25) is 0 Å². The summed E-state index contributed by atoms with van der Waals surface area (Å²) in [5.41, 5.74) is 4.37. The van der Waals surface area contributed by atoms with Gasteiger partial charge in [-0.1, -0.05) is 24.3 Å². The lowest BCUT2D eigenvalue weighted by molar-refractivity contribution is 0.0154. The van der Waals surface area contributed by atoms with Crippen LogP contribution in [0.1, 0.15) is 33.4 Å². The molecule has 1 aliphatic heterocycles. The normalized spacial score (nSPS) is 15.9. The minimum absolute atomic E-state index is 0.0139. The van der Waals surface area contributed by atoms with Gasteiger partial charge in [0.25, 0.3) is 5.91 Å². The molecule has 0 unspecified atom stereocenters. The number of nitrogens with one attached hydrogen (secondary N) is 1. The number of para-hydroxylation sites is 1. The van der Waals surface area contributed by atoms with E-state index in [2.05, 4.69) is 20.2 Å². The zero-order chi connectivity index (χ0) is 20.2. The molecule has 1 atom stereocenters. The highest BCUT2D eigenvalue weighted by Crippen LogP contribution is 2.21. The standard InChI is InChI=1S/C23H26N4O2/c1-16-6-5-7-18-14-19(17(2)26-22(16)18)23(28)25-15-21(20-8-3-4-9-24-20)27-10-12-29-13-11-27/h3-9,14,21H,10-13,15H2,1-2H3,(H,25,28)/t21-/m0/s1. The van der Waals surface area contributed by atoms with Crippen LogP contribution in [0, 0.1) is 13.8 Å². The van der Waals surface area contributed by atoms with Crippen LogP contribution in [0.15, 0.2) is 48.7 Å². The van der Waals surface area contributed by atoms with E-state index in [1.807, 2.05) is 56.3 Å². The van der Waals surface area contributed by atoms with E-state index in [1.165, 1.54) is 0 Å². The molecule has 6 nitrogen and oxygen atoms in total. The van der Waals surface area contributed by atoms with Crippen molar-refractivity contribution < 1.29 is 9.53 Å². The maximum atomic E-state index is 13.0. The fourth-order valence-corrected chi connectivity index (χ4v) is 3.84. The molecule has 1 amide bonds.